The maximum Gasteiger partial charge on any atom is 0.306 e. The van der Waals surface area contributed by atoms with E-state index in [4.69, 9.17) is 9.52 Å². The number of hydrogen-bond acceptors (Lipinski definition) is 4. The van der Waals surface area contributed by atoms with Crippen molar-refractivity contribution >= 4 is 17.6 Å². The second-order valence-electron chi connectivity index (χ2n) is 5.16. The Morgan fingerprint density at radius 1 is 1.33 bits per heavy atom. The van der Waals surface area contributed by atoms with Crippen LogP contribution in [0.5, 0.6) is 0 Å². The molecular weight excluding hydrogens is 234 g/mol. The summed E-state index contributed by atoms with van der Waals surface area (Å²) in [5.41, 5.74) is 0. The minimum absolute atomic E-state index is 0.163. The van der Waals surface area contributed by atoms with Gasteiger partial charge in [-0.2, -0.15) is 0 Å². The zero-order valence-corrected chi connectivity index (χ0v) is 9.91. The van der Waals surface area contributed by atoms with E-state index in [-0.39, 0.29) is 23.5 Å². The standard InChI is InChI=1S/C13H15NO4/c15-12-9-4-8(13(16)17)5-10(12)7-14(6-9)11-2-1-3-18-11/h1-3,8-10H,4-7H2,(H,16,17). The Morgan fingerprint density at radius 2 is 2.00 bits per heavy atom. The average Bonchev–Trinajstić information content (AvgIpc) is 2.81. The van der Waals surface area contributed by atoms with Crippen LogP contribution in [0, 0.1) is 17.8 Å². The molecule has 1 aromatic heterocycles. The number of carbonyl (C=O) groups excluding carboxylic acids is 1. The lowest BCUT2D eigenvalue weighted by atomic mass is 9.71. The van der Waals surface area contributed by atoms with Crippen molar-refractivity contribution in [2.45, 2.75) is 12.8 Å². The predicted octanol–water partition coefficient (Wildman–Crippen LogP) is 1.40. The first-order chi connectivity index (χ1) is 8.65. The van der Waals surface area contributed by atoms with Crippen molar-refractivity contribution < 1.29 is 19.1 Å². The van der Waals surface area contributed by atoms with Crippen LogP contribution in [0.4, 0.5) is 5.88 Å². The number of carbonyl (C=O) groups is 2. The zero-order valence-electron chi connectivity index (χ0n) is 9.91. The van der Waals surface area contributed by atoms with E-state index in [1.54, 1.807) is 6.26 Å². The third-order valence-corrected chi connectivity index (χ3v) is 3.99. The van der Waals surface area contributed by atoms with E-state index < -0.39 is 5.97 Å². The molecule has 1 saturated carbocycles. The molecule has 96 valence electrons. The highest BCUT2D eigenvalue weighted by Gasteiger charge is 2.44. The van der Waals surface area contributed by atoms with Crippen LogP contribution < -0.4 is 4.90 Å². The Morgan fingerprint density at radius 3 is 2.50 bits per heavy atom. The summed E-state index contributed by atoms with van der Waals surface area (Å²) in [5, 5.41) is 9.09. The second-order valence-corrected chi connectivity index (χ2v) is 5.16. The Hall–Kier alpha value is -1.78. The Balaban J connectivity index is 1.79. The van der Waals surface area contributed by atoms with Crippen LogP contribution in [0.15, 0.2) is 22.8 Å². The Kier molecular flexibility index (Phi) is 2.61. The van der Waals surface area contributed by atoms with Crippen molar-refractivity contribution in [1.29, 1.82) is 0 Å². The van der Waals surface area contributed by atoms with Crippen LogP contribution in [0.1, 0.15) is 12.8 Å². The molecule has 18 heavy (non-hydrogen) atoms. The molecule has 2 bridgehead atoms. The lowest BCUT2D eigenvalue weighted by molar-refractivity contribution is -0.146. The smallest absolute Gasteiger partial charge is 0.306 e. The van der Waals surface area contributed by atoms with Crippen LogP contribution in [0.3, 0.4) is 0 Å². The third-order valence-electron chi connectivity index (χ3n) is 3.99. The molecule has 1 aliphatic heterocycles. The number of fused-ring (bicyclic) bond motifs is 2. The van der Waals surface area contributed by atoms with Crippen LogP contribution >= 0.6 is 0 Å². The summed E-state index contributed by atoms with van der Waals surface area (Å²) in [6, 6.07) is 3.70. The van der Waals surface area contributed by atoms with E-state index in [1.165, 1.54) is 0 Å². The largest absolute Gasteiger partial charge is 0.481 e. The number of anilines is 1. The van der Waals surface area contributed by atoms with E-state index in [0.717, 1.165) is 5.88 Å². The fourth-order valence-electron chi connectivity index (χ4n) is 3.12. The Bertz CT molecular complexity index is 449. The van der Waals surface area contributed by atoms with Gasteiger partial charge in [-0.3, -0.25) is 9.59 Å². The minimum atomic E-state index is -0.774. The molecule has 1 N–H and O–H groups in total. The normalized spacial score (nSPS) is 31.4. The van der Waals surface area contributed by atoms with Crippen molar-refractivity contribution in [1.82, 2.24) is 0 Å². The summed E-state index contributed by atoms with van der Waals surface area (Å²) in [5.74, 6) is -0.464. The Labute approximate surface area is 104 Å². The van der Waals surface area contributed by atoms with Crippen molar-refractivity contribution in [2.75, 3.05) is 18.0 Å². The van der Waals surface area contributed by atoms with Crippen molar-refractivity contribution in [3.63, 3.8) is 0 Å². The SMILES string of the molecule is O=C(O)C1CC2CN(c3ccco3)CC(C1)C2=O. The number of piperidine rings is 1. The average molecular weight is 249 g/mol. The molecule has 0 spiro atoms. The molecule has 2 atom stereocenters. The highest BCUT2D eigenvalue weighted by Crippen LogP contribution is 2.37. The van der Waals surface area contributed by atoms with Gasteiger partial charge in [0, 0.05) is 31.0 Å². The molecular formula is C13H15NO4. The van der Waals surface area contributed by atoms with Crippen molar-refractivity contribution in [2.24, 2.45) is 17.8 Å². The molecule has 1 aliphatic carbocycles. The van der Waals surface area contributed by atoms with Gasteiger partial charge in [-0.25, -0.2) is 0 Å². The van der Waals surface area contributed by atoms with Gasteiger partial charge in [-0.1, -0.05) is 0 Å². The molecule has 2 unspecified atom stereocenters. The number of hydrogen-bond donors (Lipinski definition) is 1. The zero-order chi connectivity index (χ0) is 12.7. The number of nitrogens with zero attached hydrogens (tertiary/aromatic N) is 1. The van der Waals surface area contributed by atoms with E-state index in [2.05, 4.69) is 4.90 Å². The first-order valence-electron chi connectivity index (χ1n) is 6.20. The number of aliphatic carboxylic acids is 1. The highest BCUT2D eigenvalue weighted by atomic mass is 16.4. The van der Waals surface area contributed by atoms with E-state index >= 15 is 0 Å². The number of ketones is 1. The molecule has 2 fully saturated rings. The summed E-state index contributed by atoms with van der Waals surface area (Å²) in [6.07, 6.45) is 2.53. The molecule has 1 aromatic rings. The quantitative estimate of drug-likeness (QED) is 0.857. The summed E-state index contributed by atoms with van der Waals surface area (Å²) < 4.78 is 5.35. The summed E-state index contributed by atoms with van der Waals surface area (Å²) >= 11 is 0. The number of Topliss-reactive ketones (excluding diaryl/α,β-unsaturated/α-hetero) is 1. The van der Waals surface area contributed by atoms with Gasteiger partial charge in [-0.05, 0) is 18.9 Å². The van der Waals surface area contributed by atoms with Gasteiger partial charge in [0.2, 0.25) is 0 Å². The highest BCUT2D eigenvalue weighted by molar-refractivity contribution is 5.88. The van der Waals surface area contributed by atoms with Crippen LogP contribution in [-0.4, -0.2) is 29.9 Å². The summed E-state index contributed by atoms with van der Waals surface area (Å²) in [6.45, 7) is 1.15. The summed E-state index contributed by atoms with van der Waals surface area (Å²) in [4.78, 5) is 25.2. The minimum Gasteiger partial charge on any atom is -0.481 e. The topological polar surface area (TPSA) is 70.8 Å². The second kappa shape index (κ2) is 4.15. The fourth-order valence-corrected chi connectivity index (χ4v) is 3.12. The van der Waals surface area contributed by atoms with Gasteiger partial charge in [0.25, 0.3) is 0 Å². The van der Waals surface area contributed by atoms with E-state index in [9.17, 15) is 9.59 Å². The molecule has 5 nitrogen and oxygen atoms in total. The molecule has 1 saturated heterocycles. The fraction of sp³-hybridized carbons (Fsp3) is 0.538. The van der Waals surface area contributed by atoms with Crippen molar-refractivity contribution in [3.05, 3.63) is 18.4 Å². The van der Waals surface area contributed by atoms with Crippen LogP contribution in [-0.2, 0) is 9.59 Å². The number of furan rings is 1. The molecule has 3 rings (SSSR count). The number of carboxylic acid groups (broad SMARTS) is 1. The maximum atomic E-state index is 12.0. The van der Waals surface area contributed by atoms with Crippen LogP contribution in [0.2, 0.25) is 0 Å². The number of carboxylic acids is 1. The third kappa shape index (κ3) is 1.79. The predicted molar refractivity (Wildman–Crippen MR) is 63.3 cm³/mol. The van der Waals surface area contributed by atoms with Gasteiger partial charge < -0.3 is 14.4 Å². The van der Waals surface area contributed by atoms with E-state index in [1.807, 2.05) is 12.1 Å². The number of rotatable bonds is 2. The van der Waals surface area contributed by atoms with Gasteiger partial charge in [0.1, 0.15) is 5.78 Å². The first-order valence-corrected chi connectivity index (χ1v) is 6.20. The molecule has 0 amide bonds. The summed E-state index contributed by atoms with van der Waals surface area (Å²) in [7, 11) is 0. The lowest BCUT2D eigenvalue weighted by Crippen LogP contribution is -2.51. The van der Waals surface area contributed by atoms with Gasteiger partial charge in [-0.15, -0.1) is 0 Å². The van der Waals surface area contributed by atoms with Crippen molar-refractivity contribution in [3.8, 4) is 0 Å². The van der Waals surface area contributed by atoms with E-state index in [0.29, 0.717) is 25.9 Å². The lowest BCUT2D eigenvalue weighted by Gasteiger charge is -2.41. The molecule has 0 radical (unpaired) electrons. The first kappa shape index (κ1) is 11.3. The molecule has 2 heterocycles. The molecule has 2 aliphatic rings. The van der Waals surface area contributed by atoms with Gasteiger partial charge in [0.05, 0.1) is 12.2 Å². The molecule has 0 aromatic carbocycles. The molecule has 5 heteroatoms. The van der Waals surface area contributed by atoms with Crippen LogP contribution in [0.25, 0.3) is 0 Å². The van der Waals surface area contributed by atoms with Gasteiger partial charge in [0.15, 0.2) is 5.88 Å². The van der Waals surface area contributed by atoms with Gasteiger partial charge >= 0.3 is 5.97 Å². The maximum absolute atomic E-state index is 12.0. The monoisotopic (exact) mass is 249 g/mol.